The molecule has 0 saturated heterocycles. The van der Waals surface area contributed by atoms with E-state index in [9.17, 15) is 26.3 Å². The maximum Gasteiger partial charge on any atom is 0.416 e. The van der Waals surface area contributed by atoms with Gasteiger partial charge in [-0.3, -0.25) is 0 Å². The van der Waals surface area contributed by atoms with Gasteiger partial charge in [-0.15, -0.1) is 5.10 Å². The monoisotopic (exact) mass is 666 g/mol. The molecule has 5 rings (SSSR count). The number of halogens is 6. The van der Waals surface area contributed by atoms with Crippen molar-refractivity contribution in [1.82, 2.24) is 15.0 Å². The van der Waals surface area contributed by atoms with Crippen LogP contribution in [0, 0.1) is 18.8 Å². The maximum absolute atomic E-state index is 13.7. The highest BCUT2D eigenvalue weighted by molar-refractivity contribution is 5.85. The molecule has 6 N–H and O–H groups in total. The maximum atomic E-state index is 13.7. The van der Waals surface area contributed by atoms with E-state index < -0.39 is 30.0 Å². The molecule has 14 heteroatoms. The van der Waals surface area contributed by atoms with Gasteiger partial charge in [0.1, 0.15) is 5.82 Å². The predicted octanol–water partition coefficient (Wildman–Crippen LogP) is 6.60. The molecule has 0 bridgehead atoms. The molecule has 2 aliphatic rings. The molecule has 8 nitrogen and oxygen atoms in total. The Balaban J connectivity index is 0.00000245. The molecule has 0 unspecified atom stereocenters. The van der Waals surface area contributed by atoms with E-state index in [1.165, 1.54) is 4.90 Å². The molecule has 1 aromatic heterocycles. The van der Waals surface area contributed by atoms with Crippen molar-refractivity contribution < 1.29 is 26.3 Å². The van der Waals surface area contributed by atoms with Crippen molar-refractivity contribution in [2.24, 2.45) is 34.2 Å². The van der Waals surface area contributed by atoms with Crippen molar-refractivity contribution in [3.63, 3.8) is 0 Å². The molecule has 1 heterocycles. The minimum Gasteiger partial charge on any atom is -0.368 e. The normalized spacial score (nSPS) is 15.3. The van der Waals surface area contributed by atoms with Gasteiger partial charge in [0, 0.05) is 43.7 Å². The third kappa shape index (κ3) is 9.86. The number of benzene rings is 2. The lowest BCUT2D eigenvalue weighted by Gasteiger charge is -2.30. The van der Waals surface area contributed by atoms with Gasteiger partial charge >= 0.3 is 12.4 Å². The highest BCUT2D eigenvalue weighted by Gasteiger charge is 2.37. The Hall–Kier alpha value is -3.78. The number of anilines is 1. The van der Waals surface area contributed by atoms with Crippen LogP contribution in [0.25, 0.3) is 10.9 Å². The van der Waals surface area contributed by atoms with Crippen molar-refractivity contribution in [1.29, 1.82) is 0 Å². The summed E-state index contributed by atoms with van der Waals surface area (Å²) in [6, 6.07) is 9.27. The zero-order valence-electron chi connectivity index (χ0n) is 27.0. The molecule has 3 aromatic rings. The molecule has 2 aliphatic carbocycles. The number of para-hydroxylation sites is 1. The lowest BCUT2D eigenvalue weighted by atomic mass is 10.0. The van der Waals surface area contributed by atoms with Crippen LogP contribution in [-0.2, 0) is 25.4 Å². The van der Waals surface area contributed by atoms with Crippen LogP contribution >= 0.6 is 0 Å². The summed E-state index contributed by atoms with van der Waals surface area (Å²) in [5, 5.41) is 5.98. The molecule has 0 aliphatic heterocycles. The summed E-state index contributed by atoms with van der Waals surface area (Å²) in [7, 11) is 0. The van der Waals surface area contributed by atoms with Gasteiger partial charge in [-0.25, -0.2) is 15.9 Å². The Morgan fingerprint density at radius 2 is 1.47 bits per heavy atom. The van der Waals surface area contributed by atoms with Crippen molar-refractivity contribution in [2.75, 3.05) is 31.1 Å². The summed E-state index contributed by atoms with van der Waals surface area (Å²) in [6.45, 7) is 7.46. The average molecular weight is 667 g/mol. The van der Waals surface area contributed by atoms with Gasteiger partial charge in [0.2, 0.25) is 5.96 Å². The zero-order chi connectivity index (χ0) is 34.5. The number of hydrazine groups is 1. The fourth-order valence-electron chi connectivity index (χ4n) is 5.37. The van der Waals surface area contributed by atoms with Gasteiger partial charge in [-0.2, -0.15) is 26.3 Å². The van der Waals surface area contributed by atoms with Crippen molar-refractivity contribution in [3.8, 4) is 0 Å². The second kappa shape index (κ2) is 15.0. The number of nitrogens with zero attached hydrogens (tertiary/aromatic N) is 5. The summed E-state index contributed by atoms with van der Waals surface area (Å²) >= 11 is 0. The Bertz CT molecular complexity index is 1490. The smallest absolute Gasteiger partial charge is 0.368 e. The van der Waals surface area contributed by atoms with E-state index in [1.807, 2.05) is 45.0 Å². The molecule has 2 fully saturated rings. The van der Waals surface area contributed by atoms with Gasteiger partial charge in [-0.05, 0) is 79.8 Å². The Labute approximate surface area is 271 Å². The summed E-state index contributed by atoms with van der Waals surface area (Å²) in [4.78, 5) is 8.80. The minimum atomic E-state index is -4.99. The van der Waals surface area contributed by atoms with Crippen LogP contribution in [0.3, 0.4) is 0 Å². The van der Waals surface area contributed by atoms with Gasteiger partial charge < -0.3 is 21.3 Å². The number of hydrogen-bond acceptors (Lipinski definition) is 6. The number of pyridine rings is 1. The Morgan fingerprint density at radius 1 is 0.894 bits per heavy atom. The lowest BCUT2D eigenvalue weighted by molar-refractivity contribution is -0.143. The topological polar surface area (TPSA) is 113 Å². The SMILES string of the molecule is CC.Cc1cccc2cc(CN(Cc3cc(C(F)(F)F)cc(C(F)(F)F)c3)/C(N)=N/N(N)CCN)c(N(CC3CC3)CC3CC3)nc12. The fraction of sp³-hybridized carbons (Fsp3) is 0.515. The van der Waals surface area contributed by atoms with Gasteiger partial charge in [-0.1, -0.05) is 32.0 Å². The third-order valence-electron chi connectivity index (χ3n) is 8.05. The first-order chi connectivity index (χ1) is 22.2. The van der Waals surface area contributed by atoms with Crippen LogP contribution in [0.15, 0.2) is 47.6 Å². The second-order valence-corrected chi connectivity index (χ2v) is 12.1. The number of rotatable bonds is 12. The standard InChI is InChI=1S/C31H38F6N8.C2H6/c1-19-3-2-4-23-13-24(28(41-27(19)23)43(15-20-5-6-20)16-21-7-8-21)18-44(29(39)42-45(40)10-9-38)17-22-11-25(30(32,33)34)14-26(12-22)31(35,36)37;1-2/h2-4,11-14,20-21H,5-10,15-18,38,40H2,1H3,(H2,39,42);1-2H3. The first-order valence-electron chi connectivity index (χ1n) is 15.9. The van der Waals surface area contributed by atoms with Crippen LogP contribution < -0.4 is 22.2 Å². The van der Waals surface area contributed by atoms with E-state index in [0.717, 1.165) is 71.7 Å². The van der Waals surface area contributed by atoms with E-state index in [0.29, 0.717) is 24.0 Å². The van der Waals surface area contributed by atoms with E-state index in [-0.39, 0.29) is 37.2 Å². The number of hydrazone groups is 1. The summed E-state index contributed by atoms with van der Waals surface area (Å²) in [6.07, 6.45) is -5.48. The van der Waals surface area contributed by atoms with Gasteiger partial charge in [0.25, 0.3) is 0 Å². The van der Waals surface area contributed by atoms with Gasteiger partial charge in [0.15, 0.2) is 0 Å². The highest BCUT2D eigenvalue weighted by Crippen LogP contribution is 2.39. The van der Waals surface area contributed by atoms with Crippen molar-refractivity contribution in [3.05, 3.63) is 70.3 Å². The van der Waals surface area contributed by atoms with E-state index in [4.69, 9.17) is 22.3 Å². The Kier molecular flexibility index (Phi) is 11.5. The number of aromatic nitrogens is 1. The molecule has 0 amide bonds. The highest BCUT2D eigenvalue weighted by atomic mass is 19.4. The van der Waals surface area contributed by atoms with E-state index in [1.54, 1.807) is 0 Å². The molecule has 0 radical (unpaired) electrons. The van der Waals surface area contributed by atoms with Crippen LogP contribution in [0.1, 0.15) is 67.3 Å². The number of aryl methyl sites for hydroxylation is 1. The number of alkyl halides is 6. The number of fused-ring (bicyclic) bond motifs is 1. The minimum absolute atomic E-state index is 0.00143. The van der Waals surface area contributed by atoms with Crippen LogP contribution in [0.2, 0.25) is 0 Å². The number of guanidine groups is 1. The summed E-state index contributed by atoms with van der Waals surface area (Å²) < 4.78 is 82.2. The molecule has 258 valence electrons. The van der Waals surface area contributed by atoms with Crippen LogP contribution in [0.5, 0.6) is 0 Å². The summed E-state index contributed by atoms with van der Waals surface area (Å²) in [5.74, 6) is 7.52. The number of nitrogens with two attached hydrogens (primary N) is 3. The predicted molar refractivity (Wildman–Crippen MR) is 173 cm³/mol. The molecule has 2 saturated carbocycles. The second-order valence-electron chi connectivity index (χ2n) is 12.1. The summed E-state index contributed by atoms with van der Waals surface area (Å²) in [5.41, 5.74) is 11.4. The third-order valence-corrected chi connectivity index (χ3v) is 8.05. The first kappa shape index (κ1) is 36.1. The molecule has 0 spiro atoms. The van der Waals surface area contributed by atoms with Crippen molar-refractivity contribution in [2.45, 2.75) is 71.9 Å². The molecule has 47 heavy (non-hydrogen) atoms. The van der Waals surface area contributed by atoms with Crippen LogP contribution in [-0.4, -0.2) is 47.1 Å². The molecular weight excluding hydrogens is 622 g/mol. The van der Waals surface area contributed by atoms with Crippen molar-refractivity contribution >= 4 is 22.7 Å². The fourth-order valence-corrected chi connectivity index (χ4v) is 5.37. The molecule has 2 aromatic carbocycles. The molecular formula is C33H44F6N8. The van der Waals surface area contributed by atoms with E-state index in [2.05, 4.69) is 10.0 Å². The lowest BCUT2D eigenvalue weighted by Crippen LogP contribution is -2.41. The largest absolute Gasteiger partial charge is 0.416 e. The molecule has 0 atom stereocenters. The van der Waals surface area contributed by atoms with E-state index >= 15 is 0 Å². The zero-order valence-corrected chi connectivity index (χ0v) is 27.0. The number of hydrogen-bond donors (Lipinski definition) is 3. The van der Waals surface area contributed by atoms with Crippen LogP contribution in [0.4, 0.5) is 32.2 Å². The average Bonchev–Trinajstić information content (AvgIpc) is 3.94. The Morgan fingerprint density at radius 3 is 1.98 bits per heavy atom. The first-order valence-corrected chi connectivity index (χ1v) is 15.9. The van der Waals surface area contributed by atoms with Gasteiger partial charge in [0.05, 0.1) is 23.2 Å². The quantitative estimate of drug-likeness (QED) is 0.0657.